The van der Waals surface area contributed by atoms with Crippen LogP contribution < -0.4 is 10.3 Å². The quantitative estimate of drug-likeness (QED) is 0.494. The highest BCUT2D eigenvalue weighted by Crippen LogP contribution is 2.34. The number of fused-ring (bicyclic) bond motifs is 1. The van der Waals surface area contributed by atoms with Crippen LogP contribution in [0.15, 0.2) is 16.7 Å². The summed E-state index contributed by atoms with van der Waals surface area (Å²) in [7, 11) is 0. The number of nitrogens with one attached hydrogen (secondary N) is 2. The van der Waals surface area contributed by atoms with E-state index in [0.29, 0.717) is 18.7 Å². The van der Waals surface area contributed by atoms with Gasteiger partial charge in [0.1, 0.15) is 16.9 Å². The van der Waals surface area contributed by atoms with Gasteiger partial charge in [-0.1, -0.05) is 0 Å². The predicted octanol–water partition coefficient (Wildman–Crippen LogP) is 4.20. The third-order valence-corrected chi connectivity index (χ3v) is 7.18. The molecule has 5 heterocycles. The molecule has 11 heteroatoms. The summed E-state index contributed by atoms with van der Waals surface area (Å²) >= 11 is 3.66. The first-order valence-electron chi connectivity index (χ1n) is 12.4. The number of rotatable bonds is 4. The topological polar surface area (TPSA) is 101 Å². The molecule has 2 N–H and O–H groups in total. The van der Waals surface area contributed by atoms with Gasteiger partial charge in [-0.05, 0) is 63.0 Å². The molecular formula is C25H34BrN7O3. The van der Waals surface area contributed by atoms with Crippen molar-refractivity contribution < 1.29 is 14.3 Å². The normalized spacial score (nSPS) is 18.8. The van der Waals surface area contributed by atoms with E-state index in [1.165, 1.54) is 0 Å². The van der Waals surface area contributed by atoms with E-state index in [1.54, 1.807) is 11.1 Å². The molecule has 36 heavy (non-hydrogen) atoms. The first-order chi connectivity index (χ1) is 17.1. The zero-order valence-corrected chi connectivity index (χ0v) is 23.1. The number of pyridine rings is 1. The van der Waals surface area contributed by atoms with Crippen molar-refractivity contribution in [2.24, 2.45) is 0 Å². The molecule has 10 nitrogen and oxygen atoms in total. The zero-order chi connectivity index (χ0) is 25.6. The van der Waals surface area contributed by atoms with Gasteiger partial charge in [-0.2, -0.15) is 0 Å². The maximum Gasteiger partial charge on any atom is 0.410 e. The number of imidazole rings is 1. The van der Waals surface area contributed by atoms with E-state index >= 15 is 0 Å². The fraction of sp³-hybridized carbons (Fsp3) is 0.560. The van der Waals surface area contributed by atoms with E-state index in [1.807, 2.05) is 20.8 Å². The average molecular weight is 560 g/mol. The number of morpholine rings is 1. The number of nitrogens with zero attached hydrogens (tertiary/aromatic N) is 5. The first-order valence-corrected chi connectivity index (χ1v) is 13.2. The van der Waals surface area contributed by atoms with Gasteiger partial charge < -0.3 is 29.7 Å². The van der Waals surface area contributed by atoms with Gasteiger partial charge >= 0.3 is 6.09 Å². The second-order valence-electron chi connectivity index (χ2n) is 10.5. The molecule has 3 aromatic rings. The van der Waals surface area contributed by atoms with Crippen molar-refractivity contribution in [3.8, 4) is 11.4 Å². The summed E-state index contributed by atoms with van der Waals surface area (Å²) in [5, 5.41) is 5.93. The molecule has 2 saturated heterocycles. The Labute approximate surface area is 219 Å². The highest BCUT2D eigenvalue weighted by Gasteiger charge is 2.31. The molecule has 0 radical (unpaired) electrons. The fourth-order valence-corrected chi connectivity index (χ4v) is 5.37. The van der Waals surface area contributed by atoms with E-state index in [9.17, 15) is 4.79 Å². The smallest absolute Gasteiger partial charge is 0.410 e. The molecule has 2 fully saturated rings. The number of H-pyrrole nitrogens is 1. The SMILES string of the molecule is Cc1cc(-c2nc3ncc(Br)c(N[C@H]4CCN(C(=O)OC(C)(C)C)C4)c3[nH]2)c(C)n1N1CCOCC1. The van der Waals surface area contributed by atoms with Crippen molar-refractivity contribution in [3.05, 3.63) is 28.1 Å². The van der Waals surface area contributed by atoms with Crippen molar-refractivity contribution in [1.82, 2.24) is 24.5 Å². The lowest BCUT2D eigenvalue weighted by Gasteiger charge is -2.32. The van der Waals surface area contributed by atoms with Crippen molar-refractivity contribution in [3.63, 3.8) is 0 Å². The van der Waals surface area contributed by atoms with Gasteiger partial charge in [0.05, 0.1) is 36.5 Å². The largest absolute Gasteiger partial charge is 0.444 e. The molecule has 5 rings (SSSR count). The lowest BCUT2D eigenvalue weighted by atomic mass is 10.2. The van der Waals surface area contributed by atoms with Crippen LogP contribution in [-0.2, 0) is 9.47 Å². The van der Waals surface area contributed by atoms with Crippen molar-refractivity contribution in [1.29, 1.82) is 0 Å². The highest BCUT2D eigenvalue weighted by atomic mass is 79.9. The van der Waals surface area contributed by atoms with Crippen LogP contribution in [0.1, 0.15) is 38.6 Å². The summed E-state index contributed by atoms with van der Waals surface area (Å²) in [5.41, 5.74) is 5.22. The van der Waals surface area contributed by atoms with Crippen molar-refractivity contribution in [2.75, 3.05) is 49.7 Å². The number of hydrogen-bond acceptors (Lipinski definition) is 7. The Morgan fingerprint density at radius 2 is 2.00 bits per heavy atom. The maximum absolute atomic E-state index is 12.5. The summed E-state index contributed by atoms with van der Waals surface area (Å²) in [6.07, 6.45) is 2.33. The number of ether oxygens (including phenoxy) is 2. The van der Waals surface area contributed by atoms with Gasteiger partial charge in [-0.25, -0.2) is 14.8 Å². The molecule has 1 amide bonds. The summed E-state index contributed by atoms with van der Waals surface area (Å²) in [4.78, 5) is 27.2. The van der Waals surface area contributed by atoms with Crippen LogP contribution in [0, 0.1) is 13.8 Å². The number of halogens is 1. The van der Waals surface area contributed by atoms with Gasteiger partial charge in [-0.3, -0.25) is 4.68 Å². The lowest BCUT2D eigenvalue weighted by molar-refractivity contribution is 0.0293. The summed E-state index contributed by atoms with van der Waals surface area (Å²) in [6.45, 7) is 14.3. The number of aryl methyl sites for hydroxylation is 1. The Morgan fingerprint density at radius 1 is 1.25 bits per heavy atom. The molecule has 0 unspecified atom stereocenters. The number of anilines is 1. The van der Waals surface area contributed by atoms with Crippen LogP contribution in [0.25, 0.3) is 22.6 Å². The minimum absolute atomic E-state index is 0.0950. The Bertz CT molecular complexity index is 1270. The third-order valence-electron chi connectivity index (χ3n) is 6.58. The van der Waals surface area contributed by atoms with Crippen LogP contribution >= 0.6 is 15.9 Å². The molecule has 194 valence electrons. The van der Waals surface area contributed by atoms with Gasteiger partial charge in [0.2, 0.25) is 0 Å². The van der Waals surface area contributed by atoms with E-state index in [2.05, 4.69) is 60.8 Å². The van der Waals surface area contributed by atoms with E-state index in [4.69, 9.17) is 14.5 Å². The molecular weight excluding hydrogens is 526 g/mol. The number of likely N-dealkylation sites (tertiary alicyclic amines) is 1. The van der Waals surface area contributed by atoms with Crippen LogP contribution in [0.5, 0.6) is 0 Å². The fourth-order valence-electron chi connectivity index (χ4n) is 4.96. The molecule has 0 aromatic carbocycles. The van der Waals surface area contributed by atoms with E-state index < -0.39 is 5.60 Å². The summed E-state index contributed by atoms with van der Waals surface area (Å²) in [6, 6.07) is 2.26. The Kier molecular flexibility index (Phi) is 6.63. The molecule has 1 atom stereocenters. The number of carbonyl (C=O) groups is 1. The third kappa shape index (κ3) is 4.90. The molecule has 0 saturated carbocycles. The molecule has 0 spiro atoms. The van der Waals surface area contributed by atoms with Gasteiger partial charge in [0.25, 0.3) is 0 Å². The van der Waals surface area contributed by atoms with Crippen LogP contribution in [0.4, 0.5) is 10.5 Å². The predicted molar refractivity (Wildman–Crippen MR) is 143 cm³/mol. The molecule has 3 aromatic heterocycles. The number of amides is 1. The molecule has 2 aliphatic rings. The number of aromatic amines is 1. The van der Waals surface area contributed by atoms with Crippen LogP contribution in [-0.4, -0.2) is 81.7 Å². The maximum atomic E-state index is 12.5. The Hall–Kier alpha value is -2.79. The van der Waals surface area contributed by atoms with Crippen LogP contribution in [0.3, 0.4) is 0 Å². The monoisotopic (exact) mass is 559 g/mol. The van der Waals surface area contributed by atoms with Crippen molar-refractivity contribution >= 4 is 38.9 Å². The summed E-state index contributed by atoms with van der Waals surface area (Å²) in [5.74, 6) is 0.785. The zero-order valence-electron chi connectivity index (χ0n) is 21.5. The average Bonchev–Trinajstić information content (AvgIpc) is 3.52. The van der Waals surface area contributed by atoms with Crippen molar-refractivity contribution in [2.45, 2.75) is 52.7 Å². The van der Waals surface area contributed by atoms with Crippen LogP contribution in [0.2, 0.25) is 0 Å². The minimum Gasteiger partial charge on any atom is -0.444 e. The van der Waals surface area contributed by atoms with Gasteiger partial charge in [-0.15, -0.1) is 0 Å². The number of carbonyl (C=O) groups excluding carboxylic acids is 1. The number of aromatic nitrogens is 4. The minimum atomic E-state index is -0.508. The molecule has 0 aliphatic carbocycles. The summed E-state index contributed by atoms with van der Waals surface area (Å²) < 4.78 is 14.2. The highest BCUT2D eigenvalue weighted by molar-refractivity contribution is 9.10. The second kappa shape index (κ2) is 9.59. The Morgan fingerprint density at radius 3 is 2.72 bits per heavy atom. The molecule has 0 bridgehead atoms. The number of hydrogen-bond donors (Lipinski definition) is 2. The molecule has 2 aliphatic heterocycles. The van der Waals surface area contributed by atoms with E-state index in [0.717, 1.165) is 71.2 Å². The standard InChI is InChI=1S/C25H34BrN7O3/c1-15-12-18(16(2)33(15)32-8-10-35-11-9-32)22-29-21-20(19(26)13-27-23(21)30-22)28-17-6-7-31(14-17)24(34)36-25(3,4)5/h12-13,17H,6-11,14H2,1-5H3,(H2,27,28,29,30)/t17-/m0/s1. The van der Waals surface area contributed by atoms with E-state index in [-0.39, 0.29) is 12.1 Å². The second-order valence-corrected chi connectivity index (χ2v) is 11.3. The van der Waals surface area contributed by atoms with Gasteiger partial charge in [0.15, 0.2) is 5.65 Å². The first kappa shape index (κ1) is 24.9. The lowest BCUT2D eigenvalue weighted by Crippen LogP contribution is -2.44. The van der Waals surface area contributed by atoms with Gasteiger partial charge in [0, 0.05) is 42.3 Å². The Balaban J connectivity index is 1.39.